The zero-order valence-corrected chi connectivity index (χ0v) is 11.5. The van der Waals surface area contributed by atoms with Crippen molar-refractivity contribution in [1.82, 2.24) is 10.3 Å². The number of carbonyl (C=O) groups excluding carboxylic acids is 1. The molecule has 0 unspecified atom stereocenters. The Kier molecular flexibility index (Phi) is 5.47. The molecule has 1 fully saturated rings. The van der Waals surface area contributed by atoms with Crippen LogP contribution in [0, 0.1) is 0 Å². The molecule has 1 amide bonds. The Morgan fingerprint density at radius 3 is 3.26 bits per heavy atom. The van der Waals surface area contributed by atoms with Crippen LogP contribution in [0.25, 0.3) is 0 Å². The topological polar surface area (TPSA) is 71.5 Å². The molecule has 2 heterocycles. The third-order valence-corrected chi connectivity index (χ3v) is 3.93. The van der Waals surface area contributed by atoms with E-state index in [0.717, 1.165) is 17.9 Å². The van der Waals surface area contributed by atoms with Crippen LogP contribution in [0.2, 0.25) is 0 Å². The highest BCUT2D eigenvalue weighted by Gasteiger charge is 2.21. The van der Waals surface area contributed by atoms with Crippen LogP contribution in [0.3, 0.4) is 0 Å². The second-order valence-electron chi connectivity index (χ2n) is 4.29. The number of carbonyl (C=O) groups is 1. The Hall–Kier alpha value is -1.27. The van der Waals surface area contributed by atoms with E-state index in [9.17, 15) is 4.79 Å². The van der Waals surface area contributed by atoms with Gasteiger partial charge in [0.1, 0.15) is 11.7 Å². The van der Waals surface area contributed by atoms with Crippen molar-refractivity contribution in [3.8, 4) is 5.88 Å². The fourth-order valence-corrected chi connectivity index (χ4v) is 2.89. The molecule has 19 heavy (non-hydrogen) atoms. The van der Waals surface area contributed by atoms with Gasteiger partial charge in [-0.05, 0) is 30.7 Å². The van der Waals surface area contributed by atoms with Crippen molar-refractivity contribution >= 4 is 17.7 Å². The number of thioether (sulfide) groups is 1. The van der Waals surface area contributed by atoms with E-state index in [1.807, 2.05) is 11.8 Å². The van der Waals surface area contributed by atoms with Gasteiger partial charge in [0.15, 0.2) is 0 Å². The molecule has 1 saturated heterocycles. The van der Waals surface area contributed by atoms with Crippen molar-refractivity contribution in [3.05, 3.63) is 23.9 Å². The van der Waals surface area contributed by atoms with Gasteiger partial charge < -0.3 is 15.2 Å². The van der Waals surface area contributed by atoms with E-state index in [-0.39, 0.29) is 18.6 Å². The van der Waals surface area contributed by atoms with Gasteiger partial charge in [0, 0.05) is 25.1 Å². The van der Waals surface area contributed by atoms with Gasteiger partial charge in [-0.1, -0.05) is 0 Å². The van der Waals surface area contributed by atoms with E-state index in [0.29, 0.717) is 24.4 Å². The van der Waals surface area contributed by atoms with Crippen LogP contribution in [-0.4, -0.2) is 46.8 Å². The molecule has 0 aliphatic carbocycles. The Bertz CT molecular complexity index is 422. The minimum atomic E-state index is -0.206. The highest BCUT2D eigenvalue weighted by molar-refractivity contribution is 7.99. The van der Waals surface area contributed by atoms with E-state index in [1.165, 1.54) is 0 Å². The Balaban J connectivity index is 2.00. The standard InChI is InChI=1S/C13H18N2O3S/c16-7-2-6-14-12(17)11-3-1-5-15-13(11)18-10-4-8-19-9-10/h1,3,5,10,16H,2,4,6-9H2,(H,14,17)/t10-/m1/s1. The number of rotatable bonds is 6. The first-order valence-electron chi connectivity index (χ1n) is 6.39. The molecule has 1 aromatic rings. The molecule has 0 spiro atoms. The maximum Gasteiger partial charge on any atom is 0.256 e. The first kappa shape index (κ1) is 14.1. The largest absolute Gasteiger partial charge is 0.473 e. The Morgan fingerprint density at radius 1 is 1.63 bits per heavy atom. The normalized spacial score (nSPS) is 18.3. The highest BCUT2D eigenvalue weighted by Crippen LogP contribution is 2.24. The van der Waals surface area contributed by atoms with Crippen molar-refractivity contribution in [2.24, 2.45) is 0 Å². The van der Waals surface area contributed by atoms with Gasteiger partial charge in [0.2, 0.25) is 5.88 Å². The van der Waals surface area contributed by atoms with Crippen molar-refractivity contribution in [2.45, 2.75) is 18.9 Å². The summed E-state index contributed by atoms with van der Waals surface area (Å²) in [6.07, 6.45) is 3.31. The number of aliphatic hydroxyl groups is 1. The lowest BCUT2D eigenvalue weighted by Gasteiger charge is -2.14. The van der Waals surface area contributed by atoms with Crippen molar-refractivity contribution < 1.29 is 14.6 Å². The molecule has 2 N–H and O–H groups in total. The molecule has 0 saturated carbocycles. The SMILES string of the molecule is O=C(NCCCO)c1cccnc1O[C@@H]1CCSC1. The first-order valence-corrected chi connectivity index (χ1v) is 7.55. The van der Waals surface area contributed by atoms with E-state index >= 15 is 0 Å². The molecule has 0 radical (unpaired) electrons. The summed E-state index contributed by atoms with van der Waals surface area (Å²) < 4.78 is 5.79. The van der Waals surface area contributed by atoms with E-state index < -0.39 is 0 Å². The van der Waals surface area contributed by atoms with Gasteiger partial charge in [0.05, 0.1) is 0 Å². The van der Waals surface area contributed by atoms with Crippen LogP contribution in [0.15, 0.2) is 18.3 Å². The molecule has 0 aromatic carbocycles. The summed E-state index contributed by atoms with van der Waals surface area (Å²) in [6.45, 7) is 0.513. The van der Waals surface area contributed by atoms with Crippen LogP contribution in [-0.2, 0) is 0 Å². The lowest BCUT2D eigenvalue weighted by Crippen LogP contribution is -2.27. The van der Waals surface area contributed by atoms with Gasteiger partial charge in [-0.3, -0.25) is 4.79 Å². The summed E-state index contributed by atoms with van der Waals surface area (Å²) in [5.74, 6) is 2.23. The highest BCUT2D eigenvalue weighted by atomic mass is 32.2. The quantitative estimate of drug-likeness (QED) is 0.764. The average molecular weight is 282 g/mol. The smallest absolute Gasteiger partial charge is 0.256 e. The van der Waals surface area contributed by atoms with Gasteiger partial charge >= 0.3 is 0 Å². The summed E-state index contributed by atoms with van der Waals surface area (Å²) >= 11 is 1.85. The van der Waals surface area contributed by atoms with Gasteiger partial charge in [-0.15, -0.1) is 0 Å². The van der Waals surface area contributed by atoms with Crippen LogP contribution in [0.5, 0.6) is 5.88 Å². The zero-order chi connectivity index (χ0) is 13.5. The number of ether oxygens (including phenoxy) is 1. The number of nitrogens with one attached hydrogen (secondary N) is 1. The number of pyridine rings is 1. The molecule has 5 nitrogen and oxygen atoms in total. The number of aliphatic hydroxyl groups excluding tert-OH is 1. The average Bonchev–Trinajstić information content (AvgIpc) is 2.92. The molecule has 2 rings (SSSR count). The third kappa shape index (κ3) is 4.11. The zero-order valence-electron chi connectivity index (χ0n) is 10.7. The second kappa shape index (κ2) is 7.35. The third-order valence-electron chi connectivity index (χ3n) is 2.80. The van der Waals surface area contributed by atoms with E-state index in [4.69, 9.17) is 9.84 Å². The Labute approximate surface area is 116 Å². The minimum absolute atomic E-state index is 0.0655. The second-order valence-corrected chi connectivity index (χ2v) is 5.44. The number of hydrogen-bond donors (Lipinski definition) is 2. The van der Waals surface area contributed by atoms with Gasteiger partial charge in [-0.2, -0.15) is 11.8 Å². The molecule has 104 valence electrons. The lowest BCUT2D eigenvalue weighted by atomic mass is 10.2. The molecule has 1 aliphatic rings. The summed E-state index contributed by atoms with van der Waals surface area (Å²) in [7, 11) is 0. The predicted octanol–water partition coefficient (Wildman–Crippen LogP) is 1.08. The van der Waals surface area contributed by atoms with Crippen LogP contribution < -0.4 is 10.1 Å². The fourth-order valence-electron chi connectivity index (χ4n) is 1.80. The number of amides is 1. The lowest BCUT2D eigenvalue weighted by molar-refractivity contribution is 0.0943. The molecule has 6 heteroatoms. The summed E-state index contributed by atoms with van der Waals surface area (Å²) in [5, 5.41) is 11.4. The summed E-state index contributed by atoms with van der Waals surface area (Å²) in [4.78, 5) is 16.1. The summed E-state index contributed by atoms with van der Waals surface area (Å²) in [6, 6.07) is 3.43. The molecular weight excluding hydrogens is 264 g/mol. The predicted molar refractivity (Wildman–Crippen MR) is 74.6 cm³/mol. The van der Waals surface area contributed by atoms with Crippen LogP contribution in [0.4, 0.5) is 0 Å². The van der Waals surface area contributed by atoms with Crippen LogP contribution >= 0.6 is 11.8 Å². The molecule has 1 aromatic heterocycles. The maximum absolute atomic E-state index is 12.0. The molecule has 1 atom stereocenters. The Morgan fingerprint density at radius 2 is 2.53 bits per heavy atom. The first-order chi connectivity index (χ1) is 9.31. The minimum Gasteiger partial charge on any atom is -0.473 e. The van der Waals surface area contributed by atoms with Crippen molar-refractivity contribution in [2.75, 3.05) is 24.7 Å². The van der Waals surface area contributed by atoms with E-state index in [1.54, 1.807) is 18.3 Å². The maximum atomic E-state index is 12.0. The molecule has 0 bridgehead atoms. The summed E-state index contributed by atoms with van der Waals surface area (Å²) in [5.41, 5.74) is 0.456. The monoisotopic (exact) mass is 282 g/mol. The molecule has 1 aliphatic heterocycles. The van der Waals surface area contributed by atoms with Crippen molar-refractivity contribution in [1.29, 1.82) is 0 Å². The van der Waals surface area contributed by atoms with Crippen molar-refractivity contribution in [3.63, 3.8) is 0 Å². The fraction of sp³-hybridized carbons (Fsp3) is 0.538. The number of aromatic nitrogens is 1. The van der Waals surface area contributed by atoms with E-state index in [2.05, 4.69) is 10.3 Å². The molecular formula is C13H18N2O3S. The van der Waals surface area contributed by atoms with Crippen LogP contribution in [0.1, 0.15) is 23.2 Å². The number of hydrogen-bond acceptors (Lipinski definition) is 5. The number of nitrogens with zero attached hydrogens (tertiary/aromatic N) is 1. The van der Waals surface area contributed by atoms with Gasteiger partial charge in [-0.25, -0.2) is 4.98 Å². The van der Waals surface area contributed by atoms with Gasteiger partial charge in [0.25, 0.3) is 5.91 Å².